The molecule has 0 amide bonds. The second-order valence-corrected chi connectivity index (χ2v) is 21.5. The van der Waals surface area contributed by atoms with Crippen molar-refractivity contribution in [3.63, 3.8) is 0 Å². The number of allylic oxidation sites excluding steroid dienone is 6. The molecular formula is C49H60N2O11S2. The van der Waals surface area contributed by atoms with E-state index in [1.54, 1.807) is 24.3 Å². The molecule has 0 radical (unpaired) electrons. The van der Waals surface area contributed by atoms with Crippen molar-refractivity contribution in [2.24, 2.45) is 16.7 Å². The molecule has 7 aliphatic rings. The van der Waals surface area contributed by atoms with Crippen LogP contribution in [-0.2, 0) is 17.8 Å². The van der Waals surface area contributed by atoms with Gasteiger partial charge in [-0.15, -0.1) is 0 Å². The van der Waals surface area contributed by atoms with Crippen LogP contribution in [0.1, 0.15) is 109 Å². The Morgan fingerprint density at radius 3 is 2.39 bits per heavy atom. The molecule has 2 aromatic rings. The van der Waals surface area contributed by atoms with Crippen molar-refractivity contribution in [1.29, 1.82) is 0 Å². The van der Waals surface area contributed by atoms with Crippen molar-refractivity contribution >= 4 is 33.2 Å². The maximum atomic E-state index is 16.0. The van der Waals surface area contributed by atoms with Crippen LogP contribution in [0.3, 0.4) is 0 Å². The molecule has 2 saturated carbocycles. The number of ether oxygens (including phenoxy) is 2. The second-order valence-electron chi connectivity index (χ2n) is 19.0. The summed E-state index contributed by atoms with van der Waals surface area (Å²) in [6.07, 6.45) is 8.77. The van der Waals surface area contributed by atoms with Crippen LogP contribution in [0.25, 0.3) is 0 Å². The van der Waals surface area contributed by atoms with Crippen LogP contribution in [0.4, 0.5) is 0 Å². The maximum Gasteiger partial charge on any atom is 0.229 e. The van der Waals surface area contributed by atoms with Gasteiger partial charge in [-0.2, -0.15) is 0 Å². The summed E-state index contributed by atoms with van der Waals surface area (Å²) in [4.78, 5) is 31.3. The van der Waals surface area contributed by atoms with Crippen molar-refractivity contribution in [3.05, 3.63) is 112 Å². The van der Waals surface area contributed by atoms with E-state index in [1.807, 2.05) is 30.3 Å². The predicted octanol–water partition coefficient (Wildman–Crippen LogP) is 5.44. The topological polar surface area (TPSA) is 218 Å². The number of carbonyl (C=O) groups excluding carboxylic acids is 2. The van der Waals surface area contributed by atoms with Gasteiger partial charge >= 0.3 is 0 Å². The van der Waals surface area contributed by atoms with Crippen LogP contribution >= 0.6 is 21.6 Å². The number of carbonyl (C=O) groups is 2. The molecule has 6 bridgehead atoms. The number of aliphatic hydroxyl groups is 7. The summed E-state index contributed by atoms with van der Waals surface area (Å²) in [5, 5.41) is 87.6. The quantitative estimate of drug-likeness (QED) is 0.158. The molecule has 9 N–H and O–H groups in total. The fraction of sp³-hybridized carbons (Fsp3) is 0.551. The second kappa shape index (κ2) is 18.2. The summed E-state index contributed by atoms with van der Waals surface area (Å²) in [5.41, 5.74) is -2.64. The molecule has 64 heavy (non-hydrogen) atoms. The van der Waals surface area contributed by atoms with Crippen LogP contribution < -0.4 is 15.4 Å². The van der Waals surface area contributed by atoms with Crippen LogP contribution in [0.5, 0.6) is 5.75 Å². The first-order valence-electron chi connectivity index (χ1n) is 22.8. The standard InChI is InChI=1S/C49H60N2O11S2/c52-25-30-9-6-8-29(20-30)21-31-22-34-41(55)33-10-7-11-35-40(33)43(57)49(34,37(54)23-31)38(12-18-47(59)16-2-1-3-17-47)64-63-28-51-39-24-32(13-19-50-39)46(14-4-5-15-46)27-48(60)42(56)36(26-53)62-45(61-35)44(48)58/h6-11,13,20,22-24,34,36,38,42,44-45,50-54,56,58-60H,1-5,12,14-19,21,25-28H2/t34-,36-,38+,42-,44+,45-,48+,49+/m1/s1. The van der Waals surface area contributed by atoms with Gasteiger partial charge in [0.05, 0.1) is 42.0 Å². The van der Waals surface area contributed by atoms with Crippen LogP contribution in [0.2, 0.25) is 0 Å². The Kier molecular flexibility index (Phi) is 13.0. The summed E-state index contributed by atoms with van der Waals surface area (Å²) >= 11 is 0. The molecule has 3 aliphatic heterocycles. The molecule has 0 unspecified atom stereocenters. The number of fused-ring (bicyclic) bond motifs is 4. The summed E-state index contributed by atoms with van der Waals surface area (Å²) in [7, 11) is 2.86. The lowest BCUT2D eigenvalue weighted by Crippen LogP contribution is -2.69. The number of ketones is 2. The monoisotopic (exact) mass is 916 g/mol. The lowest BCUT2D eigenvalue weighted by Gasteiger charge is -2.51. The molecular weight excluding hydrogens is 857 g/mol. The molecule has 2 aromatic carbocycles. The molecule has 8 atom stereocenters. The number of Topliss-reactive ketones (excluding diaryl/α,β-unsaturated/α-hetero) is 2. The summed E-state index contributed by atoms with van der Waals surface area (Å²) in [6, 6.07) is 12.0. The van der Waals surface area contributed by atoms with E-state index < -0.39 is 76.0 Å². The Morgan fingerprint density at radius 1 is 0.875 bits per heavy atom. The van der Waals surface area contributed by atoms with Gasteiger partial charge in [-0.3, -0.25) is 9.59 Å². The first-order valence-corrected chi connectivity index (χ1v) is 25.2. The van der Waals surface area contributed by atoms with Crippen molar-refractivity contribution in [1.82, 2.24) is 10.6 Å². The Bertz CT molecular complexity index is 2250. The van der Waals surface area contributed by atoms with E-state index in [4.69, 9.17) is 9.47 Å². The number of rotatable bonds is 7. The molecule has 344 valence electrons. The first-order chi connectivity index (χ1) is 30.8. The van der Waals surface area contributed by atoms with Crippen LogP contribution in [0.15, 0.2) is 89.5 Å². The number of nitrogens with one attached hydrogen (secondary N) is 2. The fourth-order valence-electron chi connectivity index (χ4n) is 11.8. The average molecular weight is 917 g/mol. The third-order valence-electron chi connectivity index (χ3n) is 15.1. The fourth-order valence-corrected chi connectivity index (χ4v) is 14.6. The van der Waals surface area contributed by atoms with E-state index >= 15 is 9.59 Å². The van der Waals surface area contributed by atoms with Gasteiger partial charge in [0.25, 0.3) is 0 Å². The minimum atomic E-state index is -2.24. The Labute approximate surface area is 381 Å². The number of hydrogen-bond acceptors (Lipinski definition) is 15. The number of hydrogen-bond donors (Lipinski definition) is 9. The zero-order chi connectivity index (χ0) is 44.9. The van der Waals surface area contributed by atoms with Crippen molar-refractivity contribution in [3.8, 4) is 5.75 Å². The maximum absolute atomic E-state index is 16.0. The average Bonchev–Trinajstić information content (AvgIpc) is 3.78. The van der Waals surface area contributed by atoms with Crippen LogP contribution in [0, 0.1) is 16.7 Å². The highest BCUT2D eigenvalue weighted by atomic mass is 33.1. The van der Waals surface area contributed by atoms with E-state index in [0.717, 1.165) is 49.1 Å². The van der Waals surface area contributed by atoms with E-state index in [0.29, 0.717) is 62.1 Å². The van der Waals surface area contributed by atoms with Gasteiger partial charge in [0.1, 0.15) is 40.8 Å². The zero-order valence-corrected chi connectivity index (χ0v) is 37.5. The SMILES string of the molecule is O=C1c2cccc3c2C(=O)[C@@]2(C(O)=CC(Cc4cccc(CO)c4)=C[C@H]12)[C@H](CCC1(O)CCCCC1)SSCNC1=CC(=CCN1)C1(CCCC1)C[C@]1(O)[C@H](O)[C@@H](CO)O[C@@H](O3)[C@@H]1O. The van der Waals surface area contributed by atoms with Crippen molar-refractivity contribution in [2.75, 3.05) is 19.0 Å². The Hall–Kier alpha value is -3.64. The molecule has 4 aliphatic carbocycles. The minimum absolute atomic E-state index is 0.0519. The normalized spacial score (nSPS) is 33.5. The number of dihydropyridines is 1. The third-order valence-corrected chi connectivity index (χ3v) is 17.8. The van der Waals surface area contributed by atoms with Gasteiger partial charge in [-0.1, -0.05) is 102 Å². The highest BCUT2D eigenvalue weighted by Crippen LogP contribution is 2.59. The zero-order valence-electron chi connectivity index (χ0n) is 35.9. The van der Waals surface area contributed by atoms with Crippen molar-refractivity contribution in [2.45, 2.75) is 131 Å². The number of benzene rings is 2. The van der Waals surface area contributed by atoms with Crippen molar-refractivity contribution < 1.29 is 54.8 Å². The summed E-state index contributed by atoms with van der Waals surface area (Å²) in [6.45, 7) is -0.370. The van der Waals surface area contributed by atoms with E-state index in [1.165, 1.54) is 27.7 Å². The number of aliphatic hydroxyl groups excluding tert-OH is 5. The van der Waals surface area contributed by atoms with E-state index in [9.17, 15) is 35.7 Å². The molecule has 1 saturated heterocycles. The molecule has 0 aromatic heterocycles. The smallest absolute Gasteiger partial charge is 0.229 e. The summed E-state index contributed by atoms with van der Waals surface area (Å²) in [5.74, 6) is -1.47. The predicted molar refractivity (Wildman–Crippen MR) is 243 cm³/mol. The van der Waals surface area contributed by atoms with Crippen LogP contribution in [-0.4, -0.2) is 107 Å². The van der Waals surface area contributed by atoms with Gasteiger partial charge in [0.2, 0.25) is 6.29 Å². The third kappa shape index (κ3) is 8.06. The lowest BCUT2D eigenvalue weighted by atomic mass is 9.56. The first kappa shape index (κ1) is 45.5. The molecule has 15 heteroatoms. The Morgan fingerprint density at radius 2 is 1.62 bits per heavy atom. The van der Waals surface area contributed by atoms with E-state index in [2.05, 4.69) is 16.7 Å². The van der Waals surface area contributed by atoms with E-state index in [-0.39, 0.29) is 42.1 Å². The van der Waals surface area contributed by atoms with Gasteiger partial charge in [0, 0.05) is 17.4 Å². The van der Waals surface area contributed by atoms with Gasteiger partial charge in [0.15, 0.2) is 11.6 Å². The minimum Gasteiger partial charge on any atom is -0.511 e. The molecule has 9 rings (SSSR count). The molecule has 13 nitrogen and oxygen atoms in total. The molecule has 3 fully saturated rings. The molecule has 2 spiro atoms. The Balaban J connectivity index is 1.19. The van der Waals surface area contributed by atoms with Gasteiger partial charge in [-0.05, 0) is 97.3 Å². The van der Waals surface area contributed by atoms with Gasteiger partial charge in [-0.25, -0.2) is 0 Å². The molecule has 3 heterocycles. The highest BCUT2D eigenvalue weighted by molar-refractivity contribution is 8.76. The van der Waals surface area contributed by atoms with Gasteiger partial charge < -0.3 is 55.9 Å². The largest absolute Gasteiger partial charge is 0.511 e. The highest BCUT2D eigenvalue weighted by Gasteiger charge is 2.63. The lowest BCUT2D eigenvalue weighted by molar-refractivity contribution is -0.319. The summed E-state index contributed by atoms with van der Waals surface area (Å²) < 4.78 is 12.5.